The van der Waals surface area contributed by atoms with Crippen LogP contribution in [0.25, 0.3) is 0 Å². The molecule has 2 unspecified atom stereocenters. The molecule has 25 heavy (non-hydrogen) atoms. The summed E-state index contributed by atoms with van der Waals surface area (Å²) in [6.45, 7) is 4.23. The number of likely N-dealkylation sites (tertiary alicyclic amines) is 1. The van der Waals surface area contributed by atoms with Crippen LogP contribution in [0.4, 0.5) is 5.69 Å². The Labute approximate surface area is 149 Å². The highest BCUT2D eigenvalue weighted by Crippen LogP contribution is 2.44. The van der Waals surface area contributed by atoms with Crippen LogP contribution in [0.2, 0.25) is 0 Å². The van der Waals surface area contributed by atoms with Crippen molar-refractivity contribution in [3.8, 4) is 5.75 Å². The van der Waals surface area contributed by atoms with Gasteiger partial charge in [-0.25, -0.2) is 0 Å². The van der Waals surface area contributed by atoms with Crippen molar-refractivity contribution in [2.75, 3.05) is 31.6 Å². The highest BCUT2D eigenvalue weighted by Gasteiger charge is 2.43. The van der Waals surface area contributed by atoms with E-state index < -0.39 is 0 Å². The monoisotopic (exact) mass is 336 g/mol. The van der Waals surface area contributed by atoms with Crippen molar-refractivity contribution < 1.29 is 9.53 Å². The van der Waals surface area contributed by atoms with Gasteiger partial charge in [-0.05, 0) is 50.7 Å². The summed E-state index contributed by atoms with van der Waals surface area (Å²) in [5.41, 5.74) is 3.63. The number of anilines is 1. The first-order valence-electron chi connectivity index (χ1n) is 8.92. The smallest absolute Gasteiger partial charge is 0.265 e. The molecule has 1 fully saturated rings. The Morgan fingerprint density at radius 2 is 2.00 bits per heavy atom. The van der Waals surface area contributed by atoms with Gasteiger partial charge in [-0.1, -0.05) is 35.9 Å². The lowest BCUT2D eigenvalue weighted by Crippen LogP contribution is -2.48. The molecule has 4 heteroatoms. The maximum atomic E-state index is 13.0. The Hall–Kier alpha value is -2.33. The van der Waals surface area contributed by atoms with Crippen LogP contribution in [0.1, 0.15) is 23.5 Å². The number of para-hydroxylation sites is 1. The van der Waals surface area contributed by atoms with Crippen LogP contribution in [-0.4, -0.2) is 43.6 Å². The molecule has 0 N–H and O–H groups in total. The van der Waals surface area contributed by atoms with Crippen molar-refractivity contribution in [1.29, 1.82) is 0 Å². The second-order valence-corrected chi connectivity index (χ2v) is 7.15. The maximum absolute atomic E-state index is 13.0. The normalized spacial score (nSPS) is 22.4. The molecule has 130 valence electrons. The van der Waals surface area contributed by atoms with Crippen LogP contribution in [-0.2, 0) is 4.79 Å². The molecule has 4 rings (SSSR count). The number of ether oxygens (including phenoxy) is 1. The van der Waals surface area contributed by atoms with Gasteiger partial charge in [0.15, 0.2) is 6.61 Å². The number of rotatable bonds is 3. The predicted octanol–water partition coefficient (Wildman–Crippen LogP) is 3.21. The van der Waals surface area contributed by atoms with Crippen molar-refractivity contribution in [1.82, 2.24) is 4.90 Å². The summed E-state index contributed by atoms with van der Waals surface area (Å²) in [5.74, 6) is 1.18. The van der Waals surface area contributed by atoms with E-state index in [0.717, 1.165) is 30.9 Å². The van der Waals surface area contributed by atoms with Crippen LogP contribution >= 0.6 is 0 Å². The van der Waals surface area contributed by atoms with E-state index in [-0.39, 0.29) is 18.6 Å². The van der Waals surface area contributed by atoms with Gasteiger partial charge in [-0.2, -0.15) is 0 Å². The van der Waals surface area contributed by atoms with Gasteiger partial charge >= 0.3 is 0 Å². The average Bonchev–Trinajstić information content (AvgIpc) is 2.93. The first-order valence-corrected chi connectivity index (χ1v) is 8.92. The van der Waals surface area contributed by atoms with E-state index in [9.17, 15) is 4.79 Å². The predicted molar refractivity (Wildman–Crippen MR) is 99.2 cm³/mol. The van der Waals surface area contributed by atoms with Gasteiger partial charge in [0.05, 0.1) is 0 Å². The van der Waals surface area contributed by atoms with E-state index in [1.807, 2.05) is 35.2 Å². The molecule has 0 saturated carbocycles. The van der Waals surface area contributed by atoms with E-state index in [2.05, 4.69) is 37.1 Å². The number of hydrogen-bond acceptors (Lipinski definition) is 3. The number of carbonyl (C=O) groups excluding carboxylic acids is 1. The van der Waals surface area contributed by atoms with Gasteiger partial charge in [0, 0.05) is 24.2 Å². The number of carbonyl (C=O) groups is 1. The molecule has 2 aromatic rings. The molecule has 2 aromatic carbocycles. The van der Waals surface area contributed by atoms with Crippen molar-refractivity contribution in [2.45, 2.75) is 25.3 Å². The van der Waals surface area contributed by atoms with Gasteiger partial charge in [-0.15, -0.1) is 0 Å². The zero-order valence-corrected chi connectivity index (χ0v) is 14.8. The molecule has 2 heterocycles. The molecular formula is C21H24N2O2. The molecule has 4 nitrogen and oxygen atoms in total. The van der Waals surface area contributed by atoms with Crippen LogP contribution in [0.5, 0.6) is 5.75 Å². The Kier molecular flexibility index (Phi) is 4.22. The number of benzene rings is 2. The number of nitrogens with zero attached hydrogens (tertiary/aromatic N) is 2. The molecule has 2 atom stereocenters. The van der Waals surface area contributed by atoms with Gasteiger partial charge in [-0.3, -0.25) is 4.79 Å². The summed E-state index contributed by atoms with van der Waals surface area (Å²) in [6.07, 6.45) is 1.01. The summed E-state index contributed by atoms with van der Waals surface area (Å²) in [6, 6.07) is 16.2. The summed E-state index contributed by atoms with van der Waals surface area (Å²) >= 11 is 0. The quantitative estimate of drug-likeness (QED) is 0.863. The molecule has 0 aliphatic carbocycles. The van der Waals surface area contributed by atoms with E-state index in [1.165, 1.54) is 11.1 Å². The standard InChI is InChI=1S/C21H24N2O2/c1-15-8-9-19-17(12-15)18-13-22(2)11-10-20(18)23(19)21(24)14-25-16-6-4-3-5-7-16/h3-9,12,18,20H,10-11,13-14H2,1-2H3. The third-order valence-electron chi connectivity index (χ3n) is 5.33. The minimum atomic E-state index is 0.0472. The topological polar surface area (TPSA) is 32.8 Å². The largest absolute Gasteiger partial charge is 0.484 e. The van der Waals surface area contributed by atoms with Gasteiger partial charge in [0.25, 0.3) is 5.91 Å². The van der Waals surface area contributed by atoms with Crippen LogP contribution in [0.3, 0.4) is 0 Å². The van der Waals surface area contributed by atoms with E-state index in [4.69, 9.17) is 4.74 Å². The minimum Gasteiger partial charge on any atom is -0.484 e. The molecule has 0 radical (unpaired) electrons. The van der Waals surface area contributed by atoms with Crippen molar-refractivity contribution in [3.05, 3.63) is 59.7 Å². The number of likely N-dealkylation sites (N-methyl/N-ethyl adjacent to an activating group) is 1. The lowest BCUT2D eigenvalue weighted by atomic mass is 9.89. The second kappa shape index (κ2) is 6.52. The van der Waals surface area contributed by atoms with Crippen LogP contribution in [0, 0.1) is 6.92 Å². The second-order valence-electron chi connectivity index (χ2n) is 7.15. The third-order valence-corrected chi connectivity index (χ3v) is 5.33. The van der Waals surface area contributed by atoms with Gasteiger partial charge in [0.1, 0.15) is 5.75 Å². The third kappa shape index (κ3) is 3.02. The van der Waals surface area contributed by atoms with E-state index in [1.54, 1.807) is 0 Å². The minimum absolute atomic E-state index is 0.0472. The zero-order chi connectivity index (χ0) is 17.4. The Morgan fingerprint density at radius 1 is 1.20 bits per heavy atom. The highest BCUT2D eigenvalue weighted by atomic mass is 16.5. The molecular weight excluding hydrogens is 312 g/mol. The number of piperidine rings is 1. The molecule has 0 spiro atoms. The van der Waals surface area contributed by atoms with Crippen LogP contribution < -0.4 is 9.64 Å². The first-order chi connectivity index (χ1) is 12.1. The van der Waals surface area contributed by atoms with Crippen LogP contribution in [0.15, 0.2) is 48.5 Å². The van der Waals surface area contributed by atoms with Crippen molar-refractivity contribution in [2.24, 2.45) is 0 Å². The van der Waals surface area contributed by atoms with Crippen molar-refractivity contribution in [3.63, 3.8) is 0 Å². The molecule has 2 aliphatic heterocycles. The SMILES string of the molecule is Cc1ccc2c(c1)C1CN(C)CCC1N2C(=O)COc1ccccc1. The number of fused-ring (bicyclic) bond motifs is 3. The molecule has 2 aliphatic rings. The summed E-state index contributed by atoms with van der Waals surface area (Å²) in [5, 5.41) is 0. The lowest BCUT2D eigenvalue weighted by Gasteiger charge is -2.36. The fraction of sp³-hybridized carbons (Fsp3) is 0.381. The Balaban J connectivity index is 1.59. The maximum Gasteiger partial charge on any atom is 0.265 e. The molecule has 1 amide bonds. The molecule has 1 saturated heterocycles. The first kappa shape index (κ1) is 16.2. The Morgan fingerprint density at radius 3 is 2.80 bits per heavy atom. The summed E-state index contributed by atoms with van der Waals surface area (Å²) < 4.78 is 5.72. The zero-order valence-electron chi connectivity index (χ0n) is 14.8. The number of amides is 1. The fourth-order valence-electron chi connectivity index (χ4n) is 4.14. The summed E-state index contributed by atoms with van der Waals surface area (Å²) in [7, 11) is 2.16. The van der Waals surface area contributed by atoms with E-state index >= 15 is 0 Å². The Bertz CT molecular complexity index is 775. The summed E-state index contributed by atoms with van der Waals surface area (Å²) in [4.78, 5) is 17.3. The molecule has 0 aromatic heterocycles. The number of hydrogen-bond donors (Lipinski definition) is 0. The number of aryl methyl sites for hydroxylation is 1. The lowest BCUT2D eigenvalue weighted by molar-refractivity contribution is -0.121. The van der Waals surface area contributed by atoms with E-state index in [0.29, 0.717) is 5.92 Å². The molecule has 0 bridgehead atoms. The van der Waals surface area contributed by atoms with Gasteiger partial charge < -0.3 is 14.5 Å². The van der Waals surface area contributed by atoms with Gasteiger partial charge in [0.2, 0.25) is 0 Å². The average molecular weight is 336 g/mol. The highest BCUT2D eigenvalue weighted by molar-refractivity contribution is 5.97. The van der Waals surface area contributed by atoms with Crippen molar-refractivity contribution >= 4 is 11.6 Å². The fourth-order valence-corrected chi connectivity index (χ4v) is 4.14.